The van der Waals surface area contributed by atoms with Gasteiger partial charge in [-0.05, 0) is 18.6 Å². The lowest BCUT2D eigenvalue weighted by Crippen LogP contribution is -2.24. The summed E-state index contributed by atoms with van der Waals surface area (Å²) >= 11 is 0. The second kappa shape index (κ2) is 7.69. The molecule has 1 amide bonds. The van der Waals surface area contributed by atoms with Crippen molar-refractivity contribution in [3.63, 3.8) is 0 Å². The molecular weight excluding hydrogens is 298 g/mol. The fraction of sp³-hybridized carbons (Fsp3) is 0.125. The Hall–Kier alpha value is -3.22. The number of nitrogens with zero attached hydrogens (tertiary/aromatic N) is 2. The van der Waals surface area contributed by atoms with Crippen LogP contribution in [0.2, 0.25) is 0 Å². The third kappa shape index (κ3) is 5.24. The van der Waals surface area contributed by atoms with Gasteiger partial charge in [0, 0.05) is 6.07 Å². The van der Waals surface area contributed by atoms with Crippen LogP contribution in [0.4, 0.5) is 5.69 Å². The molecule has 7 heteroatoms. The Morgan fingerprint density at radius 3 is 2.74 bits per heavy atom. The van der Waals surface area contributed by atoms with Crippen LogP contribution in [0.3, 0.4) is 0 Å². The standard InChI is InChI=1S/C16H15N3O4/c1-12-5-7-13(8-6-12)10-17-18-16(20)11-23-15-4-2-3-14(9-15)19(21)22/h2-10H,11H2,1H3,(H,18,20)/b17-10+. The van der Waals surface area contributed by atoms with E-state index in [0.717, 1.165) is 11.1 Å². The number of hydrogen-bond acceptors (Lipinski definition) is 5. The van der Waals surface area contributed by atoms with Crippen molar-refractivity contribution in [1.82, 2.24) is 5.43 Å². The van der Waals surface area contributed by atoms with Crippen molar-refractivity contribution in [2.45, 2.75) is 6.92 Å². The first-order valence-corrected chi connectivity index (χ1v) is 6.80. The molecule has 1 N–H and O–H groups in total. The maximum Gasteiger partial charge on any atom is 0.277 e. The molecule has 0 saturated heterocycles. The van der Waals surface area contributed by atoms with Crippen molar-refractivity contribution in [3.8, 4) is 5.75 Å². The predicted octanol–water partition coefficient (Wildman–Crippen LogP) is 2.43. The lowest BCUT2D eigenvalue weighted by molar-refractivity contribution is -0.384. The Kier molecular flexibility index (Phi) is 5.40. The van der Waals surface area contributed by atoms with E-state index in [1.165, 1.54) is 30.5 Å². The zero-order chi connectivity index (χ0) is 16.7. The number of ether oxygens (including phenoxy) is 1. The van der Waals surface area contributed by atoms with Gasteiger partial charge in [-0.3, -0.25) is 14.9 Å². The van der Waals surface area contributed by atoms with E-state index in [2.05, 4.69) is 10.5 Å². The van der Waals surface area contributed by atoms with Crippen molar-refractivity contribution >= 4 is 17.8 Å². The van der Waals surface area contributed by atoms with E-state index in [1.807, 2.05) is 31.2 Å². The zero-order valence-electron chi connectivity index (χ0n) is 12.4. The van der Waals surface area contributed by atoms with Gasteiger partial charge in [0.05, 0.1) is 17.2 Å². The quantitative estimate of drug-likeness (QED) is 0.503. The molecule has 0 aliphatic heterocycles. The molecule has 0 spiro atoms. The summed E-state index contributed by atoms with van der Waals surface area (Å²) in [6, 6.07) is 13.3. The Morgan fingerprint density at radius 2 is 2.04 bits per heavy atom. The Bertz CT molecular complexity index is 726. The topological polar surface area (TPSA) is 93.8 Å². The van der Waals surface area contributed by atoms with Crippen molar-refractivity contribution in [3.05, 3.63) is 69.8 Å². The highest BCUT2D eigenvalue weighted by Crippen LogP contribution is 2.18. The van der Waals surface area contributed by atoms with E-state index < -0.39 is 10.8 Å². The van der Waals surface area contributed by atoms with Gasteiger partial charge >= 0.3 is 0 Å². The van der Waals surface area contributed by atoms with Gasteiger partial charge in [0.25, 0.3) is 11.6 Å². The average Bonchev–Trinajstić information content (AvgIpc) is 2.55. The zero-order valence-corrected chi connectivity index (χ0v) is 12.4. The summed E-state index contributed by atoms with van der Waals surface area (Å²) in [7, 11) is 0. The SMILES string of the molecule is Cc1ccc(/C=N/NC(=O)COc2cccc([N+](=O)[O-])c2)cc1. The van der Waals surface area contributed by atoms with Crippen LogP contribution in [-0.4, -0.2) is 23.7 Å². The van der Waals surface area contributed by atoms with Gasteiger partial charge in [-0.2, -0.15) is 5.10 Å². The molecule has 0 fully saturated rings. The molecule has 0 radical (unpaired) electrons. The minimum absolute atomic E-state index is 0.0969. The van der Waals surface area contributed by atoms with E-state index in [-0.39, 0.29) is 18.0 Å². The number of rotatable bonds is 6. The fourth-order valence-corrected chi connectivity index (χ4v) is 1.70. The van der Waals surface area contributed by atoms with Crippen molar-refractivity contribution in [1.29, 1.82) is 0 Å². The number of carbonyl (C=O) groups excluding carboxylic acids is 1. The molecule has 0 aliphatic carbocycles. The van der Waals surface area contributed by atoms with E-state index in [1.54, 1.807) is 0 Å². The first kappa shape index (κ1) is 16.2. The number of hydrogen-bond donors (Lipinski definition) is 1. The van der Waals surface area contributed by atoms with Crippen LogP contribution in [0.5, 0.6) is 5.75 Å². The number of nitro benzene ring substituents is 1. The van der Waals surface area contributed by atoms with Crippen LogP contribution in [0.15, 0.2) is 53.6 Å². The van der Waals surface area contributed by atoms with Crippen molar-refractivity contribution in [2.24, 2.45) is 5.10 Å². The molecule has 0 unspecified atom stereocenters. The molecule has 118 valence electrons. The minimum atomic E-state index is -0.529. The van der Waals surface area contributed by atoms with Gasteiger partial charge in [-0.1, -0.05) is 35.9 Å². The summed E-state index contributed by atoms with van der Waals surface area (Å²) in [5.41, 5.74) is 4.22. The van der Waals surface area contributed by atoms with Crippen LogP contribution in [0.25, 0.3) is 0 Å². The highest BCUT2D eigenvalue weighted by atomic mass is 16.6. The summed E-state index contributed by atoms with van der Waals surface area (Å²) in [5, 5.41) is 14.5. The first-order chi connectivity index (χ1) is 11.0. The molecule has 0 saturated carbocycles. The predicted molar refractivity (Wildman–Crippen MR) is 85.5 cm³/mol. The number of hydrazone groups is 1. The third-order valence-corrected chi connectivity index (χ3v) is 2.88. The van der Waals surface area contributed by atoms with E-state index in [0.29, 0.717) is 0 Å². The van der Waals surface area contributed by atoms with Gasteiger partial charge in [-0.25, -0.2) is 5.43 Å². The van der Waals surface area contributed by atoms with E-state index in [9.17, 15) is 14.9 Å². The number of carbonyl (C=O) groups is 1. The summed E-state index contributed by atoms with van der Waals surface area (Å²) in [6.45, 7) is 1.69. The molecule has 0 atom stereocenters. The molecular formula is C16H15N3O4. The number of benzene rings is 2. The number of non-ortho nitro benzene ring substituents is 1. The van der Waals surface area contributed by atoms with Crippen LogP contribution >= 0.6 is 0 Å². The van der Waals surface area contributed by atoms with Gasteiger partial charge in [0.15, 0.2) is 6.61 Å². The summed E-state index contributed by atoms with van der Waals surface area (Å²) in [6.07, 6.45) is 1.52. The van der Waals surface area contributed by atoms with Gasteiger partial charge in [0.1, 0.15) is 5.75 Å². The molecule has 0 aromatic heterocycles. The average molecular weight is 313 g/mol. The van der Waals surface area contributed by atoms with E-state index >= 15 is 0 Å². The smallest absolute Gasteiger partial charge is 0.277 e. The second-order valence-corrected chi connectivity index (χ2v) is 4.75. The number of amides is 1. The fourth-order valence-electron chi connectivity index (χ4n) is 1.70. The Morgan fingerprint density at radius 1 is 1.30 bits per heavy atom. The van der Waals surface area contributed by atoms with Crippen LogP contribution in [-0.2, 0) is 4.79 Å². The molecule has 2 aromatic rings. The Balaban J connectivity index is 1.82. The lowest BCUT2D eigenvalue weighted by atomic mass is 10.2. The lowest BCUT2D eigenvalue weighted by Gasteiger charge is -2.04. The van der Waals surface area contributed by atoms with Gasteiger partial charge < -0.3 is 4.74 Å². The van der Waals surface area contributed by atoms with E-state index in [4.69, 9.17) is 4.74 Å². The first-order valence-electron chi connectivity index (χ1n) is 6.80. The highest BCUT2D eigenvalue weighted by molar-refractivity contribution is 5.82. The maximum absolute atomic E-state index is 11.6. The van der Waals surface area contributed by atoms with Gasteiger partial charge in [0.2, 0.25) is 0 Å². The molecule has 2 aromatic carbocycles. The largest absolute Gasteiger partial charge is 0.483 e. The van der Waals surface area contributed by atoms with Crippen molar-refractivity contribution < 1.29 is 14.5 Å². The molecule has 23 heavy (non-hydrogen) atoms. The van der Waals surface area contributed by atoms with Crippen LogP contribution < -0.4 is 10.2 Å². The summed E-state index contributed by atoms with van der Waals surface area (Å²) in [4.78, 5) is 21.7. The molecule has 0 bridgehead atoms. The molecule has 7 nitrogen and oxygen atoms in total. The van der Waals surface area contributed by atoms with Crippen LogP contribution in [0.1, 0.15) is 11.1 Å². The number of nitro groups is 1. The summed E-state index contributed by atoms with van der Waals surface area (Å²) < 4.78 is 5.19. The molecule has 0 aliphatic rings. The minimum Gasteiger partial charge on any atom is -0.483 e. The summed E-state index contributed by atoms with van der Waals surface area (Å²) in [5.74, 6) is -0.211. The van der Waals surface area contributed by atoms with Crippen LogP contribution in [0, 0.1) is 17.0 Å². The molecule has 0 heterocycles. The number of nitrogens with one attached hydrogen (secondary N) is 1. The Labute approximate surface area is 132 Å². The van der Waals surface area contributed by atoms with Crippen molar-refractivity contribution in [2.75, 3.05) is 6.61 Å². The third-order valence-electron chi connectivity index (χ3n) is 2.88. The molecule has 2 rings (SSSR count). The normalized spacial score (nSPS) is 10.5. The number of aryl methyl sites for hydroxylation is 1. The highest BCUT2D eigenvalue weighted by Gasteiger charge is 2.07. The maximum atomic E-state index is 11.6. The monoisotopic (exact) mass is 313 g/mol. The van der Waals surface area contributed by atoms with Gasteiger partial charge in [-0.15, -0.1) is 0 Å². The second-order valence-electron chi connectivity index (χ2n) is 4.75.